The molecule has 0 spiro atoms. The quantitative estimate of drug-likeness (QED) is 0.478. The van der Waals surface area contributed by atoms with Gasteiger partial charge < -0.3 is 0 Å². The van der Waals surface area contributed by atoms with Crippen LogP contribution < -0.4 is 0 Å². The molecule has 0 saturated heterocycles. The van der Waals surface area contributed by atoms with E-state index >= 15 is 0 Å². The van der Waals surface area contributed by atoms with Gasteiger partial charge >= 0.3 is 0 Å². The summed E-state index contributed by atoms with van der Waals surface area (Å²) in [5.41, 5.74) is 1.23. The van der Waals surface area contributed by atoms with E-state index in [9.17, 15) is 0 Å². The maximum atomic E-state index is 5.78. The van der Waals surface area contributed by atoms with Gasteiger partial charge in [0.25, 0.3) is 0 Å². The standard InChI is InChI=1S/C11H8Cl2N2S/c12-9-6-10(15-11(13)14-9)16-7-8-4-2-1-3-5-8/h1-6H,7H2. The Balaban J connectivity index is 2.05. The summed E-state index contributed by atoms with van der Waals surface area (Å²) in [6, 6.07) is 11.9. The maximum Gasteiger partial charge on any atom is 0.224 e. The van der Waals surface area contributed by atoms with Crippen LogP contribution in [-0.2, 0) is 5.75 Å². The van der Waals surface area contributed by atoms with Crippen LogP contribution >= 0.6 is 35.0 Å². The zero-order valence-corrected chi connectivity index (χ0v) is 10.6. The SMILES string of the molecule is Clc1cc(SCc2ccccc2)nc(Cl)n1. The highest BCUT2D eigenvalue weighted by Crippen LogP contribution is 2.23. The van der Waals surface area contributed by atoms with E-state index in [1.807, 2.05) is 18.2 Å². The molecule has 1 aromatic heterocycles. The molecule has 5 heteroatoms. The summed E-state index contributed by atoms with van der Waals surface area (Å²) >= 11 is 13.1. The second kappa shape index (κ2) is 5.53. The average Bonchev–Trinajstić information content (AvgIpc) is 2.27. The molecule has 0 amide bonds. The number of benzene rings is 1. The molecular weight excluding hydrogens is 263 g/mol. The van der Waals surface area contributed by atoms with Crippen molar-refractivity contribution in [2.45, 2.75) is 10.8 Å². The first kappa shape index (κ1) is 11.7. The molecule has 2 nitrogen and oxygen atoms in total. The van der Waals surface area contributed by atoms with Crippen molar-refractivity contribution in [1.82, 2.24) is 9.97 Å². The van der Waals surface area contributed by atoms with Gasteiger partial charge in [0.15, 0.2) is 0 Å². The molecule has 0 atom stereocenters. The average molecular weight is 271 g/mol. The molecule has 0 radical (unpaired) electrons. The Bertz CT molecular complexity index is 456. The molecule has 2 rings (SSSR count). The first-order valence-corrected chi connectivity index (χ1v) is 6.35. The molecule has 0 aliphatic rings. The van der Waals surface area contributed by atoms with Crippen molar-refractivity contribution >= 4 is 35.0 Å². The summed E-state index contributed by atoms with van der Waals surface area (Å²) in [5, 5.41) is 1.34. The van der Waals surface area contributed by atoms with Gasteiger partial charge in [0.1, 0.15) is 10.2 Å². The maximum absolute atomic E-state index is 5.78. The molecule has 0 aliphatic heterocycles. The van der Waals surface area contributed by atoms with Crippen molar-refractivity contribution in [3.63, 3.8) is 0 Å². The van der Waals surface area contributed by atoms with Gasteiger partial charge in [-0.15, -0.1) is 11.8 Å². The van der Waals surface area contributed by atoms with Crippen LogP contribution in [0.4, 0.5) is 0 Å². The number of rotatable bonds is 3. The minimum absolute atomic E-state index is 0.183. The molecule has 0 saturated carbocycles. The van der Waals surface area contributed by atoms with Crippen LogP contribution in [0.2, 0.25) is 10.4 Å². The van der Waals surface area contributed by atoms with Gasteiger partial charge in [-0.2, -0.15) is 0 Å². The summed E-state index contributed by atoms with van der Waals surface area (Å²) in [4.78, 5) is 7.88. The van der Waals surface area contributed by atoms with Crippen LogP contribution in [0.5, 0.6) is 0 Å². The highest BCUT2D eigenvalue weighted by Gasteiger charge is 2.02. The Hall–Kier alpha value is -0.770. The molecular formula is C11H8Cl2N2S. The number of halogens is 2. The van der Waals surface area contributed by atoms with Crippen molar-refractivity contribution in [3.05, 3.63) is 52.4 Å². The topological polar surface area (TPSA) is 25.8 Å². The highest BCUT2D eigenvalue weighted by atomic mass is 35.5. The van der Waals surface area contributed by atoms with Gasteiger partial charge in [-0.05, 0) is 17.2 Å². The Morgan fingerprint density at radius 2 is 1.81 bits per heavy atom. The number of nitrogens with zero attached hydrogens (tertiary/aromatic N) is 2. The number of thioether (sulfide) groups is 1. The predicted octanol–water partition coefficient (Wildman–Crippen LogP) is 4.08. The van der Waals surface area contributed by atoms with Crippen molar-refractivity contribution in [2.75, 3.05) is 0 Å². The van der Waals surface area contributed by atoms with Crippen molar-refractivity contribution < 1.29 is 0 Å². The molecule has 16 heavy (non-hydrogen) atoms. The molecule has 0 fully saturated rings. The van der Waals surface area contributed by atoms with E-state index in [-0.39, 0.29) is 5.28 Å². The summed E-state index contributed by atoms with van der Waals surface area (Å²) in [7, 11) is 0. The lowest BCUT2D eigenvalue weighted by molar-refractivity contribution is 1.05. The van der Waals surface area contributed by atoms with Crippen LogP contribution in [0.3, 0.4) is 0 Å². The summed E-state index contributed by atoms with van der Waals surface area (Å²) < 4.78 is 0. The zero-order chi connectivity index (χ0) is 11.4. The molecule has 2 aromatic rings. The summed E-state index contributed by atoms with van der Waals surface area (Å²) in [5.74, 6) is 0.838. The van der Waals surface area contributed by atoms with Crippen LogP contribution in [0.15, 0.2) is 41.4 Å². The molecule has 1 aromatic carbocycles. The van der Waals surface area contributed by atoms with Gasteiger partial charge in [0, 0.05) is 11.8 Å². The van der Waals surface area contributed by atoms with Crippen molar-refractivity contribution in [2.24, 2.45) is 0 Å². The van der Waals surface area contributed by atoms with E-state index < -0.39 is 0 Å². The Morgan fingerprint density at radius 3 is 2.50 bits per heavy atom. The monoisotopic (exact) mass is 270 g/mol. The lowest BCUT2D eigenvalue weighted by Crippen LogP contribution is -1.87. The van der Waals surface area contributed by atoms with Crippen LogP contribution in [0, 0.1) is 0 Å². The second-order valence-electron chi connectivity index (χ2n) is 3.07. The number of hydrogen-bond acceptors (Lipinski definition) is 3. The van der Waals surface area contributed by atoms with E-state index in [0.717, 1.165) is 10.8 Å². The van der Waals surface area contributed by atoms with Crippen LogP contribution in [-0.4, -0.2) is 9.97 Å². The van der Waals surface area contributed by atoms with Crippen molar-refractivity contribution in [3.8, 4) is 0 Å². The van der Waals surface area contributed by atoms with Crippen LogP contribution in [0.25, 0.3) is 0 Å². The van der Waals surface area contributed by atoms with Gasteiger partial charge in [-0.1, -0.05) is 41.9 Å². The Morgan fingerprint density at radius 1 is 1.06 bits per heavy atom. The molecule has 1 heterocycles. The zero-order valence-electron chi connectivity index (χ0n) is 8.23. The molecule has 0 N–H and O–H groups in total. The molecule has 0 unspecified atom stereocenters. The summed E-state index contributed by atoms with van der Waals surface area (Å²) in [6.07, 6.45) is 0. The second-order valence-corrected chi connectivity index (χ2v) is 4.79. The number of hydrogen-bond donors (Lipinski definition) is 0. The fraction of sp³-hybridized carbons (Fsp3) is 0.0909. The van der Waals surface area contributed by atoms with E-state index in [1.54, 1.807) is 17.8 Å². The van der Waals surface area contributed by atoms with Gasteiger partial charge in [-0.3, -0.25) is 0 Å². The smallest absolute Gasteiger partial charge is 0.211 e. The lowest BCUT2D eigenvalue weighted by atomic mass is 10.2. The lowest BCUT2D eigenvalue weighted by Gasteiger charge is -2.01. The third-order valence-corrected chi connectivity index (χ3v) is 3.22. The fourth-order valence-corrected chi connectivity index (χ4v) is 2.55. The third kappa shape index (κ3) is 3.37. The van der Waals surface area contributed by atoms with E-state index in [4.69, 9.17) is 23.2 Å². The minimum Gasteiger partial charge on any atom is -0.211 e. The fourth-order valence-electron chi connectivity index (χ4n) is 1.18. The molecule has 82 valence electrons. The van der Waals surface area contributed by atoms with E-state index in [0.29, 0.717) is 5.15 Å². The van der Waals surface area contributed by atoms with E-state index in [1.165, 1.54) is 5.56 Å². The number of aromatic nitrogens is 2. The summed E-state index contributed by atoms with van der Waals surface area (Å²) in [6.45, 7) is 0. The largest absolute Gasteiger partial charge is 0.224 e. The first-order valence-electron chi connectivity index (χ1n) is 4.61. The Kier molecular flexibility index (Phi) is 4.04. The molecule has 0 bridgehead atoms. The first-order chi connectivity index (χ1) is 7.74. The Labute approximate surface area is 108 Å². The highest BCUT2D eigenvalue weighted by molar-refractivity contribution is 7.98. The van der Waals surface area contributed by atoms with Crippen molar-refractivity contribution in [1.29, 1.82) is 0 Å². The van der Waals surface area contributed by atoms with Gasteiger partial charge in [0.05, 0.1) is 0 Å². The van der Waals surface area contributed by atoms with E-state index in [2.05, 4.69) is 22.1 Å². The minimum atomic E-state index is 0.183. The van der Waals surface area contributed by atoms with Gasteiger partial charge in [-0.25, -0.2) is 9.97 Å². The van der Waals surface area contributed by atoms with Gasteiger partial charge in [0.2, 0.25) is 5.28 Å². The third-order valence-electron chi connectivity index (χ3n) is 1.87. The predicted molar refractivity (Wildman–Crippen MR) is 68.1 cm³/mol. The molecule has 0 aliphatic carbocycles. The van der Waals surface area contributed by atoms with Crippen LogP contribution in [0.1, 0.15) is 5.56 Å². The normalized spacial score (nSPS) is 10.4.